The van der Waals surface area contributed by atoms with Gasteiger partial charge in [0.2, 0.25) is 0 Å². The maximum absolute atomic E-state index is 11.1. The van der Waals surface area contributed by atoms with Crippen LogP contribution in [0.5, 0.6) is 0 Å². The number of hydrogen-bond donors (Lipinski definition) is 6. The Kier molecular flexibility index (Phi) is 11.3. The summed E-state index contributed by atoms with van der Waals surface area (Å²) in [6.45, 7) is 4.94. The van der Waals surface area contributed by atoms with Crippen LogP contribution in [-0.2, 0) is 0 Å². The monoisotopic (exact) mass is 350 g/mol. The summed E-state index contributed by atoms with van der Waals surface area (Å²) in [4.78, 5) is 0. The van der Waals surface area contributed by atoms with Crippen molar-refractivity contribution in [2.45, 2.75) is 108 Å². The Balaban J connectivity index is 5.41. The molecule has 0 bridgehead atoms. The quantitative estimate of drug-likeness (QED) is 0.279. The van der Waals surface area contributed by atoms with Crippen LogP contribution in [0.2, 0.25) is 0 Å². The minimum absolute atomic E-state index is 0.155. The van der Waals surface area contributed by atoms with E-state index in [0.717, 1.165) is 0 Å². The zero-order chi connectivity index (χ0) is 18.8. The molecule has 0 amide bonds. The highest BCUT2D eigenvalue weighted by Crippen LogP contribution is 2.37. The molecule has 24 heavy (non-hydrogen) atoms. The van der Waals surface area contributed by atoms with Crippen molar-refractivity contribution in [2.24, 2.45) is 0 Å². The van der Waals surface area contributed by atoms with E-state index < -0.39 is 36.1 Å². The molecule has 0 spiro atoms. The summed E-state index contributed by atoms with van der Waals surface area (Å²) in [5.41, 5.74) is -3.86. The largest absolute Gasteiger partial charge is 0.393 e. The third-order valence-electron chi connectivity index (χ3n) is 4.71. The third kappa shape index (κ3) is 7.33. The SMILES string of the molecule is CCCC(O)CC(O)(CO)C(O)(CC(O)CCC)CC(O)CCC. The molecule has 146 valence electrons. The van der Waals surface area contributed by atoms with E-state index in [1.807, 2.05) is 20.8 Å². The summed E-state index contributed by atoms with van der Waals surface area (Å²) in [6.07, 6.45) is 0.383. The number of hydrogen-bond acceptors (Lipinski definition) is 6. The highest BCUT2D eigenvalue weighted by molar-refractivity contribution is 5.03. The molecule has 6 heteroatoms. The van der Waals surface area contributed by atoms with Crippen molar-refractivity contribution in [3.05, 3.63) is 0 Å². The molecule has 0 aliphatic rings. The van der Waals surface area contributed by atoms with Gasteiger partial charge in [0.05, 0.1) is 24.9 Å². The van der Waals surface area contributed by atoms with Gasteiger partial charge in [0, 0.05) is 19.3 Å². The second kappa shape index (κ2) is 11.4. The lowest BCUT2D eigenvalue weighted by molar-refractivity contribution is -0.210. The summed E-state index contributed by atoms with van der Waals surface area (Å²) in [6, 6.07) is 0. The predicted molar refractivity (Wildman–Crippen MR) is 93.6 cm³/mol. The zero-order valence-corrected chi connectivity index (χ0v) is 15.5. The van der Waals surface area contributed by atoms with Crippen molar-refractivity contribution < 1.29 is 30.6 Å². The van der Waals surface area contributed by atoms with Gasteiger partial charge in [-0.05, 0) is 19.3 Å². The molecule has 6 nitrogen and oxygen atoms in total. The van der Waals surface area contributed by atoms with Gasteiger partial charge in [-0.1, -0.05) is 40.0 Å². The lowest BCUT2D eigenvalue weighted by Crippen LogP contribution is -2.60. The first-order valence-electron chi connectivity index (χ1n) is 9.27. The van der Waals surface area contributed by atoms with Crippen molar-refractivity contribution >= 4 is 0 Å². The van der Waals surface area contributed by atoms with E-state index in [9.17, 15) is 30.6 Å². The smallest absolute Gasteiger partial charge is 0.119 e. The highest BCUT2D eigenvalue weighted by Gasteiger charge is 2.51. The molecule has 6 N–H and O–H groups in total. The molecule has 0 radical (unpaired) electrons. The first kappa shape index (κ1) is 23.8. The minimum Gasteiger partial charge on any atom is -0.393 e. The van der Waals surface area contributed by atoms with Gasteiger partial charge in [0.1, 0.15) is 11.2 Å². The molecule has 0 aliphatic carbocycles. The average Bonchev–Trinajstić information content (AvgIpc) is 2.47. The molecule has 0 rings (SSSR count). The molecule has 0 aromatic carbocycles. The minimum atomic E-state index is -1.98. The van der Waals surface area contributed by atoms with Gasteiger partial charge in [-0.3, -0.25) is 0 Å². The molecule has 0 fully saturated rings. The van der Waals surface area contributed by atoms with Crippen molar-refractivity contribution in [2.75, 3.05) is 6.61 Å². The zero-order valence-electron chi connectivity index (χ0n) is 15.5. The predicted octanol–water partition coefficient (Wildman–Crippen LogP) is 1.09. The third-order valence-corrected chi connectivity index (χ3v) is 4.71. The van der Waals surface area contributed by atoms with Crippen LogP contribution in [0.15, 0.2) is 0 Å². The molecule has 0 aliphatic heterocycles. The molecular weight excluding hydrogens is 312 g/mol. The number of aliphatic hydroxyl groups is 6. The van der Waals surface area contributed by atoms with Crippen LogP contribution in [-0.4, -0.2) is 66.8 Å². The molecular formula is C18H38O6. The molecule has 4 atom stereocenters. The standard InChI is InChI=1S/C18H38O6/c1-4-7-14(20)10-17(23,11-15(21)8-5-2)18(24,13-19)12-16(22)9-6-3/h14-16,19-24H,4-13H2,1-3H3. The number of aliphatic hydroxyl groups excluding tert-OH is 4. The maximum atomic E-state index is 11.1. The van der Waals surface area contributed by atoms with Crippen LogP contribution in [0.25, 0.3) is 0 Å². The molecule has 0 aromatic heterocycles. The first-order chi connectivity index (χ1) is 11.2. The van der Waals surface area contributed by atoms with Gasteiger partial charge in [0.15, 0.2) is 0 Å². The van der Waals surface area contributed by atoms with Crippen LogP contribution < -0.4 is 0 Å². The molecule has 0 saturated carbocycles. The van der Waals surface area contributed by atoms with Crippen LogP contribution in [0.4, 0.5) is 0 Å². The van der Waals surface area contributed by atoms with E-state index in [0.29, 0.717) is 38.5 Å². The van der Waals surface area contributed by atoms with E-state index >= 15 is 0 Å². The molecule has 0 aromatic rings. The van der Waals surface area contributed by atoms with E-state index in [-0.39, 0.29) is 19.3 Å². The Labute approximate surface area is 146 Å². The second-order valence-electron chi connectivity index (χ2n) is 7.16. The van der Waals surface area contributed by atoms with Gasteiger partial charge < -0.3 is 30.6 Å². The van der Waals surface area contributed by atoms with Crippen molar-refractivity contribution in [1.29, 1.82) is 0 Å². The highest BCUT2D eigenvalue weighted by atomic mass is 16.4. The van der Waals surface area contributed by atoms with E-state index in [2.05, 4.69) is 0 Å². The summed E-state index contributed by atoms with van der Waals surface area (Å²) < 4.78 is 0. The Morgan fingerprint density at radius 3 is 1.17 bits per heavy atom. The topological polar surface area (TPSA) is 121 Å². The van der Waals surface area contributed by atoms with E-state index in [4.69, 9.17) is 0 Å². The first-order valence-corrected chi connectivity index (χ1v) is 9.27. The Morgan fingerprint density at radius 2 is 0.917 bits per heavy atom. The Morgan fingerprint density at radius 1 is 0.625 bits per heavy atom. The second-order valence-corrected chi connectivity index (χ2v) is 7.16. The van der Waals surface area contributed by atoms with E-state index in [1.165, 1.54) is 0 Å². The summed E-state index contributed by atoms with van der Waals surface area (Å²) >= 11 is 0. The lowest BCUT2D eigenvalue weighted by atomic mass is 9.71. The summed E-state index contributed by atoms with van der Waals surface area (Å²) in [5, 5.41) is 62.0. The lowest BCUT2D eigenvalue weighted by Gasteiger charge is -2.45. The van der Waals surface area contributed by atoms with Gasteiger partial charge in [0.25, 0.3) is 0 Å². The van der Waals surface area contributed by atoms with Gasteiger partial charge in [-0.25, -0.2) is 0 Å². The molecule has 0 saturated heterocycles. The van der Waals surface area contributed by atoms with Crippen molar-refractivity contribution in [3.8, 4) is 0 Å². The van der Waals surface area contributed by atoms with Crippen LogP contribution >= 0.6 is 0 Å². The van der Waals surface area contributed by atoms with Gasteiger partial charge in [-0.2, -0.15) is 0 Å². The average molecular weight is 350 g/mol. The molecule has 4 unspecified atom stereocenters. The fourth-order valence-corrected chi connectivity index (χ4v) is 3.34. The number of rotatable bonds is 14. The van der Waals surface area contributed by atoms with Crippen LogP contribution in [0.1, 0.15) is 78.6 Å². The summed E-state index contributed by atoms with van der Waals surface area (Å²) in [7, 11) is 0. The van der Waals surface area contributed by atoms with E-state index in [1.54, 1.807) is 0 Å². The van der Waals surface area contributed by atoms with Gasteiger partial charge in [-0.15, -0.1) is 0 Å². The molecule has 0 heterocycles. The fourth-order valence-electron chi connectivity index (χ4n) is 3.34. The van der Waals surface area contributed by atoms with Crippen molar-refractivity contribution in [3.63, 3.8) is 0 Å². The maximum Gasteiger partial charge on any atom is 0.119 e. The Bertz CT molecular complexity index is 311. The van der Waals surface area contributed by atoms with Crippen LogP contribution in [0.3, 0.4) is 0 Å². The van der Waals surface area contributed by atoms with Crippen molar-refractivity contribution in [1.82, 2.24) is 0 Å². The van der Waals surface area contributed by atoms with Gasteiger partial charge >= 0.3 is 0 Å². The summed E-state index contributed by atoms with van der Waals surface area (Å²) in [5.74, 6) is 0. The van der Waals surface area contributed by atoms with Crippen LogP contribution in [0, 0.1) is 0 Å². The Hall–Kier alpha value is -0.240. The fraction of sp³-hybridized carbons (Fsp3) is 1.00. The normalized spacial score (nSPS) is 20.9.